The molecule has 2 aromatic heterocycles. The molecular formula is C21H25N5OS. The lowest BCUT2D eigenvalue weighted by atomic mass is 9.48. The zero-order chi connectivity index (χ0) is 19.6. The van der Waals surface area contributed by atoms with Crippen molar-refractivity contribution < 1.29 is 4.79 Å². The Morgan fingerprint density at radius 2 is 1.89 bits per heavy atom. The molecular weight excluding hydrogens is 370 g/mol. The van der Waals surface area contributed by atoms with Crippen LogP contribution in [0.3, 0.4) is 0 Å². The van der Waals surface area contributed by atoms with Gasteiger partial charge in [-0.05, 0) is 74.7 Å². The molecule has 4 aliphatic rings. The zero-order valence-corrected chi connectivity index (χ0v) is 16.8. The highest BCUT2D eigenvalue weighted by Crippen LogP contribution is 2.61. The summed E-state index contributed by atoms with van der Waals surface area (Å²) in [5.41, 5.74) is 13.0. The molecule has 0 aromatic carbocycles. The molecule has 4 bridgehead atoms. The van der Waals surface area contributed by atoms with E-state index in [2.05, 4.69) is 17.2 Å². The Labute approximate surface area is 168 Å². The number of thiophene rings is 1. The van der Waals surface area contributed by atoms with E-state index in [4.69, 9.17) is 16.7 Å². The Kier molecular flexibility index (Phi) is 3.86. The molecule has 0 spiro atoms. The van der Waals surface area contributed by atoms with Gasteiger partial charge in [-0.3, -0.25) is 4.79 Å². The molecule has 1 atom stereocenters. The first-order valence-corrected chi connectivity index (χ1v) is 10.9. The third kappa shape index (κ3) is 2.58. The molecule has 0 radical (unpaired) electrons. The fourth-order valence-electron chi connectivity index (χ4n) is 6.44. The number of nitrogens with zero attached hydrogens (tertiary/aromatic N) is 2. The van der Waals surface area contributed by atoms with Crippen molar-refractivity contribution in [2.45, 2.75) is 51.5 Å². The highest BCUT2D eigenvalue weighted by molar-refractivity contribution is 7.21. The van der Waals surface area contributed by atoms with Crippen molar-refractivity contribution in [2.75, 3.05) is 11.5 Å². The van der Waals surface area contributed by atoms with Gasteiger partial charge in [-0.25, -0.2) is 4.98 Å². The number of rotatable bonds is 3. The van der Waals surface area contributed by atoms with Crippen LogP contribution in [-0.4, -0.2) is 16.9 Å². The highest BCUT2D eigenvalue weighted by atomic mass is 32.1. The second-order valence-electron chi connectivity index (χ2n) is 9.21. The Morgan fingerprint density at radius 3 is 2.46 bits per heavy atom. The molecule has 2 aromatic rings. The average molecular weight is 396 g/mol. The molecule has 5 N–H and O–H groups in total. The summed E-state index contributed by atoms with van der Waals surface area (Å²) >= 11 is 1.25. The van der Waals surface area contributed by atoms with Crippen molar-refractivity contribution in [1.82, 2.24) is 10.3 Å². The van der Waals surface area contributed by atoms with Crippen LogP contribution in [0.5, 0.6) is 0 Å². The molecule has 0 aliphatic heterocycles. The van der Waals surface area contributed by atoms with Crippen LogP contribution in [0, 0.1) is 34.5 Å². The average Bonchev–Trinajstić information content (AvgIpc) is 2.95. The van der Waals surface area contributed by atoms with Gasteiger partial charge in [0.25, 0.3) is 5.91 Å². The van der Waals surface area contributed by atoms with E-state index in [-0.39, 0.29) is 28.7 Å². The molecule has 0 unspecified atom stereocenters. The Morgan fingerprint density at radius 1 is 1.29 bits per heavy atom. The van der Waals surface area contributed by atoms with E-state index in [0.717, 1.165) is 17.8 Å². The van der Waals surface area contributed by atoms with Crippen LogP contribution in [0.4, 0.5) is 11.5 Å². The smallest absolute Gasteiger partial charge is 0.263 e. The number of nitriles is 1. The minimum Gasteiger partial charge on any atom is -0.397 e. The van der Waals surface area contributed by atoms with Gasteiger partial charge in [0.05, 0.1) is 11.3 Å². The molecule has 1 amide bonds. The SMILES string of the molecule is C[C@@H](NC(=O)c1sc2nc(N)c(C#N)cc2c1N)C12CC3CC(CC(C3)C1)C2. The first-order chi connectivity index (χ1) is 13.4. The number of nitrogen functional groups attached to an aromatic ring is 2. The molecule has 6 nitrogen and oxygen atoms in total. The molecule has 28 heavy (non-hydrogen) atoms. The Hall–Kier alpha value is -2.33. The largest absolute Gasteiger partial charge is 0.397 e. The van der Waals surface area contributed by atoms with Gasteiger partial charge in [0.15, 0.2) is 0 Å². The van der Waals surface area contributed by atoms with Crippen LogP contribution in [0.1, 0.15) is 60.7 Å². The molecule has 4 aliphatic carbocycles. The summed E-state index contributed by atoms with van der Waals surface area (Å²) in [6, 6.07) is 3.78. The summed E-state index contributed by atoms with van der Waals surface area (Å²) in [7, 11) is 0. The van der Waals surface area contributed by atoms with Crippen LogP contribution in [0.25, 0.3) is 10.2 Å². The van der Waals surface area contributed by atoms with Crippen molar-refractivity contribution in [2.24, 2.45) is 23.2 Å². The number of nitrogens with one attached hydrogen (secondary N) is 1. The van der Waals surface area contributed by atoms with Crippen molar-refractivity contribution in [3.63, 3.8) is 0 Å². The van der Waals surface area contributed by atoms with Gasteiger partial charge < -0.3 is 16.8 Å². The van der Waals surface area contributed by atoms with Crippen molar-refractivity contribution in [3.05, 3.63) is 16.5 Å². The van der Waals surface area contributed by atoms with Gasteiger partial charge in [0, 0.05) is 11.4 Å². The van der Waals surface area contributed by atoms with E-state index >= 15 is 0 Å². The number of anilines is 2. The highest BCUT2D eigenvalue weighted by Gasteiger charge is 2.53. The van der Waals surface area contributed by atoms with Crippen molar-refractivity contribution in [3.8, 4) is 6.07 Å². The standard InChI is InChI=1S/C21H25N5OS/c1-10(21-6-11-2-12(7-21)4-13(3-11)8-21)25-19(27)17-16(23)15-5-14(9-22)18(24)26-20(15)28-17/h5,10-13H,2-4,6-8,23H2,1H3,(H2,24,26)(H,25,27)/t10-,11?,12?,13?,21?/m1/s1. The van der Waals surface area contributed by atoms with Gasteiger partial charge in [0.1, 0.15) is 21.6 Å². The number of hydrogen-bond donors (Lipinski definition) is 3. The predicted molar refractivity (Wildman–Crippen MR) is 111 cm³/mol. The molecule has 4 fully saturated rings. The quantitative estimate of drug-likeness (QED) is 0.733. The molecule has 2 heterocycles. The van der Waals surface area contributed by atoms with E-state index in [0.29, 0.717) is 20.8 Å². The summed E-state index contributed by atoms with van der Waals surface area (Å²) in [5, 5.41) is 13.1. The van der Waals surface area contributed by atoms with E-state index in [9.17, 15) is 4.79 Å². The predicted octanol–water partition coefficient (Wildman–Crippen LogP) is 3.67. The van der Waals surface area contributed by atoms with E-state index < -0.39 is 0 Å². The number of amides is 1. The van der Waals surface area contributed by atoms with Crippen LogP contribution in [-0.2, 0) is 0 Å². The summed E-state index contributed by atoms with van der Waals surface area (Å²) in [4.78, 5) is 18.4. The molecule has 6 rings (SSSR count). The molecule has 4 saturated carbocycles. The lowest BCUT2D eigenvalue weighted by molar-refractivity contribution is -0.0687. The van der Waals surface area contributed by atoms with E-state index in [1.54, 1.807) is 6.07 Å². The topological polar surface area (TPSA) is 118 Å². The van der Waals surface area contributed by atoms with E-state index in [1.165, 1.54) is 49.9 Å². The fourth-order valence-corrected chi connectivity index (χ4v) is 7.42. The van der Waals surface area contributed by atoms with E-state index in [1.807, 2.05) is 6.07 Å². The van der Waals surface area contributed by atoms with Gasteiger partial charge in [0.2, 0.25) is 0 Å². The number of pyridine rings is 1. The fraction of sp³-hybridized carbons (Fsp3) is 0.571. The number of carbonyl (C=O) groups is 1. The van der Waals surface area contributed by atoms with Crippen molar-refractivity contribution in [1.29, 1.82) is 5.26 Å². The maximum absolute atomic E-state index is 13.1. The maximum Gasteiger partial charge on any atom is 0.263 e. The summed E-state index contributed by atoms with van der Waals surface area (Å²) in [5.74, 6) is 2.57. The minimum absolute atomic E-state index is 0.130. The maximum atomic E-state index is 13.1. The zero-order valence-electron chi connectivity index (χ0n) is 16.0. The van der Waals surface area contributed by atoms with Crippen molar-refractivity contribution >= 4 is 39.0 Å². The third-order valence-electron chi connectivity index (χ3n) is 7.43. The number of carbonyl (C=O) groups excluding carboxylic acids is 1. The lowest BCUT2D eigenvalue weighted by Crippen LogP contribution is -2.55. The first-order valence-electron chi connectivity index (χ1n) is 10.1. The first kappa shape index (κ1) is 17.7. The monoisotopic (exact) mass is 395 g/mol. The Bertz CT molecular complexity index is 985. The minimum atomic E-state index is -0.138. The number of fused-ring (bicyclic) bond motifs is 1. The van der Waals surface area contributed by atoms with Gasteiger partial charge in [-0.1, -0.05) is 0 Å². The van der Waals surface area contributed by atoms with Crippen LogP contribution in [0.15, 0.2) is 6.07 Å². The summed E-state index contributed by atoms with van der Waals surface area (Å²) in [6.07, 6.45) is 7.89. The second-order valence-corrected chi connectivity index (χ2v) is 10.2. The second kappa shape index (κ2) is 6.08. The number of aromatic nitrogens is 1. The van der Waals surface area contributed by atoms with Crippen LogP contribution in [0.2, 0.25) is 0 Å². The van der Waals surface area contributed by atoms with Gasteiger partial charge >= 0.3 is 0 Å². The molecule has 0 saturated heterocycles. The number of nitrogens with two attached hydrogens (primary N) is 2. The van der Waals surface area contributed by atoms with Gasteiger partial charge in [-0.15, -0.1) is 11.3 Å². The normalized spacial score (nSPS) is 31.6. The van der Waals surface area contributed by atoms with Gasteiger partial charge in [-0.2, -0.15) is 5.26 Å². The lowest BCUT2D eigenvalue weighted by Gasteiger charge is -2.59. The third-order valence-corrected chi connectivity index (χ3v) is 8.54. The summed E-state index contributed by atoms with van der Waals surface area (Å²) < 4.78 is 0. The molecule has 7 heteroatoms. The Balaban J connectivity index is 1.41. The molecule has 146 valence electrons. The van der Waals surface area contributed by atoms with Crippen LogP contribution < -0.4 is 16.8 Å². The van der Waals surface area contributed by atoms with Crippen LogP contribution >= 0.6 is 11.3 Å². The summed E-state index contributed by atoms with van der Waals surface area (Å²) in [6.45, 7) is 2.17. The number of hydrogen-bond acceptors (Lipinski definition) is 6.